The van der Waals surface area contributed by atoms with E-state index in [1.54, 1.807) is 0 Å². The van der Waals surface area contributed by atoms with Crippen molar-refractivity contribution in [3.8, 4) is 0 Å². The summed E-state index contributed by atoms with van der Waals surface area (Å²) in [4.78, 5) is 45.2. The number of nitrogens with one attached hydrogen (secondary N) is 1. The number of aliphatic imine (C=N–C) groups is 1. The normalized spacial score (nSPS) is 23.6. The van der Waals surface area contributed by atoms with Crippen molar-refractivity contribution in [2.24, 2.45) is 16.3 Å². The molecule has 41 heavy (non-hydrogen) atoms. The van der Waals surface area contributed by atoms with Crippen LogP contribution in [0.25, 0.3) is 0 Å². The fraction of sp³-hybridized carbons (Fsp3) is 0.576. The molecule has 222 valence electrons. The predicted octanol–water partition coefficient (Wildman–Crippen LogP) is 6.70. The average Bonchev–Trinajstić information content (AvgIpc) is 3.20. The summed E-state index contributed by atoms with van der Waals surface area (Å²) in [6.45, 7) is 9.16. The number of halogens is 1. The fourth-order valence-electron chi connectivity index (χ4n) is 6.56. The number of hydrogen-bond acceptors (Lipinski definition) is 4. The number of carboxylic acid groups (broad SMARTS) is 1. The Morgan fingerprint density at radius 1 is 1.20 bits per heavy atom. The number of amides is 2. The molecule has 0 radical (unpaired) electrons. The lowest BCUT2D eigenvalue weighted by Crippen LogP contribution is -2.55. The summed E-state index contributed by atoms with van der Waals surface area (Å²) in [5.41, 5.74) is 2.65. The van der Waals surface area contributed by atoms with Gasteiger partial charge in [0.25, 0.3) is 5.91 Å². The number of hydrogen-bond donors (Lipinski definition) is 2. The van der Waals surface area contributed by atoms with Crippen molar-refractivity contribution in [1.82, 2.24) is 10.2 Å². The van der Waals surface area contributed by atoms with Crippen LogP contribution >= 0.6 is 11.6 Å². The maximum absolute atomic E-state index is 14.4. The Hall–Kier alpha value is -2.93. The molecule has 3 aliphatic rings. The van der Waals surface area contributed by atoms with E-state index >= 15 is 0 Å². The highest BCUT2D eigenvalue weighted by Crippen LogP contribution is 2.48. The lowest BCUT2D eigenvalue weighted by Gasteiger charge is -2.48. The van der Waals surface area contributed by atoms with E-state index in [1.165, 1.54) is 0 Å². The van der Waals surface area contributed by atoms with Crippen LogP contribution in [0, 0.1) is 11.3 Å². The molecule has 1 aromatic rings. The number of aliphatic carboxylic acids is 1. The maximum Gasteiger partial charge on any atom is 0.305 e. The molecule has 8 heteroatoms. The van der Waals surface area contributed by atoms with E-state index in [0.29, 0.717) is 35.1 Å². The highest BCUT2D eigenvalue weighted by atomic mass is 35.5. The van der Waals surface area contributed by atoms with Crippen LogP contribution in [-0.4, -0.2) is 51.8 Å². The molecule has 4 rings (SSSR count). The van der Waals surface area contributed by atoms with E-state index in [4.69, 9.17) is 21.7 Å². The monoisotopic (exact) mass is 581 g/mol. The zero-order chi connectivity index (χ0) is 29.8. The number of unbranched alkanes of at least 4 members (excludes halogenated alkanes) is 1. The van der Waals surface area contributed by atoms with E-state index in [9.17, 15) is 14.4 Å². The number of carboxylic acids is 1. The molecule has 1 unspecified atom stereocenters. The number of benzene rings is 1. The molecule has 1 saturated carbocycles. The second kappa shape index (κ2) is 12.9. The van der Waals surface area contributed by atoms with Gasteiger partial charge in [0, 0.05) is 22.7 Å². The van der Waals surface area contributed by atoms with Crippen molar-refractivity contribution in [3.05, 3.63) is 58.1 Å². The molecular weight excluding hydrogens is 538 g/mol. The summed E-state index contributed by atoms with van der Waals surface area (Å²) < 4.78 is 0. The van der Waals surface area contributed by atoms with Gasteiger partial charge in [-0.1, -0.05) is 76.4 Å². The highest BCUT2D eigenvalue weighted by molar-refractivity contribution is 6.47. The van der Waals surface area contributed by atoms with Crippen LogP contribution in [0.2, 0.25) is 5.02 Å². The van der Waals surface area contributed by atoms with E-state index in [2.05, 4.69) is 37.9 Å². The van der Waals surface area contributed by atoms with Crippen LogP contribution in [0.4, 0.5) is 0 Å². The first-order valence-electron chi connectivity index (χ1n) is 15.0. The molecular formula is C33H44ClN3O4. The van der Waals surface area contributed by atoms with Crippen molar-refractivity contribution in [2.45, 2.75) is 104 Å². The second-order valence-electron chi connectivity index (χ2n) is 12.8. The zero-order valence-electron chi connectivity index (χ0n) is 24.8. The molecule has 2 aliphatic carbocycles. The molecule has 2 amide bonds. The summed E-state index contributed by atoms with van der Waals surface area (Å²) in [6, 6.07) is 7.31. The van der Waals surface area contributed by atoms with Gasteiger partial charge in [-0.15, -0.1) is 0 Å². The molecule has 1 spiro atoms. The van der Waals surface area contributed by atoms with Crippen molar-refractivity contribution in [3.63, 3.8) is 0 Å². The van der Waals surface area contributed by atoms with Crippen molar-refractivity contribution >= 4 is 35.1 Å². The summed E-state index contributed by atoms with van der Waals surface area (Å²) >= 11 is 6.34. The minimum absolute atomic E-state index is 0.0373. The van der Waals surface area contributed by atoms with Gasteiger partial charge in [0.05, 0.1) is 12.5 Å². The van der Waals surface area contributed by atoms with Gasteiger partial charge < -0.3 is 15.3 Å². The number of carbonyl (C=O) groups excluding carboxylic acids is 2. The van der Waals surface area contributed by atoms with E-state index in [0.717, 1.165) is 56.1 Å². The molecule has 1 aromatic carbocycles. The van der Waals surface area contributed by atoms with Crippen molar-refractivity contribution < 1.29 is 19.5 Å². The summed E-state index contributed by atoms with van der Waals surface area (Å²) in [6.07, 6.45) is 11.5. The smallest absolute Gasteiger partial charge is 0.305 e. The molecule has 1 atom stereocenters. The second-order valence-corrected chi connectivity index (χ2v) is 13.2. The third kappa shape index (κ3) is 7.11. The van der Waals surface area contributed by atoms with Gasteiger partial charge in [-0.05, 0) is 74.0 Å². The van der Waals surface area contributed by atoms with Gasteiger partial charge in [0.15, 0.2) is 0 Å². The van der Waals surface area contributed by atoms with Gasteiger partial charge in [-0.3, -0.25) is 19.4 Å². The number of allylic oxidation sites excluding steroid dienone is 2. The third-order valence-corrected chi connectivity index (χ3v) is 9.20. The molecule has 1 aliphatic heterocycles. The molecule has 0 aromatic heterocycles. The van der Waals surface area contributed by atoms with Gasteiger partial charge in [0.2, 0.25) is 5.91 Å². The Morgan fingerprint density at radius 2 is 1.93 bits per heavy atom. The van der Waals surface area contributed by atoms with Crippen LogP contribution in [0.15, 0.2) is 52.6 Å². The Morgan fingerprint density at radius 3 is 2.51 bits per heavy atom. The van der Waals surface area contributed by atoms with Crippen molar-refractivity contribution in [2.75, 3.05) is 6.54 Å². The van der Waals surface area contributed by atoms with Crippen LogP contribution < -0.4 is 5.32 Å². The number of carbonyl (C=O) groups is 3. The predicted molar refractivity (Wildman–Crippen MR) is 163 cm³/mol. The fourth-order valence-corrected chi connectivity index (χ4v) is 6.75. The third-order valence-electron chi connectivity index (χ3n) is 8.97. The van der Waals surface area contributed by atoms with E-state index in [-0.39, 0.29) is 36.2 Å². The van der Waals surface area contributed by atoms with E-state index in [1.807, 2.05) is 36.4 Å². The highest BCUT2D eigenvalue weighted by Gasteiger charge is 2.52. The van der Waals surface area contributed by atoms with Gasteiger partial charge in [-0.2, -0.15) is 0 Å². The molecule has 7 nitrogen and oxygen atoms in total. The Bertz CT molecular complexity index is 1250. The number of rotatable bonds is 10. The summed E-state index contributed by atoms with van der Waals surface area (Å²) in [5.74, 6) is -0.635. The molecule has 0 bridgehead atoms. The lowest BCUT2D eigenvalue weighted by atomic mass is 9.69. The van der Waals surface area contributed by atoms with Crippen molar-refractivity contribution in [1.29, 1.82) is 0 Å². The van der Waals surface area contributed by atoms with Crippen LogP contribution in [-0.2, 0) is 14.4 Å². The minimum atomic E-state index is -0.941. The zero-order valence-corrected chi connectivity index (χ0v) is 25.6. The first kappa shape index (κ1) is 31.0. The van der Waals surface area contributed by atoms with Gasteiger partial charge >= 0.3 is 5.97 Å². The summed E-state index contributed by atoms with van der Waals surface area (Å²) in [5, 5.41) is 12.2. The lowest BCUT2D eigenvalue weighted by molar-refractivity contribution is -0.137. The first-order valence-corrected chi connectivity index (χ1v) is 15.4. The molecule has 1 fully saturated rings. The molecule has 1 heterocycles. The van der Waals surface area contributed by atoms with Crippen LogP contribution in [0.3, 0.4) is 0 Å². The first-order chi connectivity index (χ1) is 19.4. The SMILES string of the molecule is CCCCC(C1=CC=C(C(=O)NCCC(=O)O)CC1)N1C(=O)C(c2cccc(Cl)c2)=NC12CCC(C(C)(C)C)CC2. The molecule has 2 N–H and O–H groups in total. The quantitative estimate of drug-likeness (QED) is 0.321. The minimum Gasteiger partial charge on any atom is -0.481 e. The Balaban J connectivity index is 1.67. The topological polar surface area (TPSA) is 99.1 Å². The standard InChI is InChI=1S/C33H44ClN3O4/c1-5-6-10-27(22-11-13-23(14-12-22)30(40)35-20-17-28(38)39)37-31(41)29(24-8-7-9-26(34)21-24)36-33(37)18-15-25(16-19-33)32(2,3)4/h7-9,11,13,21,25,27H,5-6,10,12,14-20H2,1-4H3,(H,35,40)(H,38,39). The molecule has 0 saturated heterocycles. The average molecular weight is 582 g/mol. The largest absolute Gasteiger partial charge is 0.481 e. The number of nitrogens with zero attached hydrogens (tertiary/aromatic N) is 2. The van der Waals surface area contributed by atoms with Gasteiger partial charge in [0.1, 0.15) is 11.4 Å². The Kier molecular flexibility index (Phi) is 9.78. The maximum atomic E-state index is 14.4. The van der Waals surface area contributed by atoms with Gasteiger partial charge in [-0.25, -0.2) is 0 Å². The van der Waals surface area contributed by atoms with Crippen LogP contribution in [0.1, 0.15) is 97.5 Å². The van der Waals surface area contributed by atoms with E-state index < -0.39 is 11.6 Å². The Labute approximate surface area is 249 Å². The van der Waals surface area contributed by atoms with Crippen LogP contribution in [0.5, 0.6) is 0 Å². The summed E-state index contributed by atoms with van der Waals surface area (Å²) in [7, 11) is 0.